The van der Waals surface area contributed by atoms with Crippen LogP contribution in [-0.4, -0.2) is 49.0 Å². The summed E-state index contributed by atoms with van der Waals surface area (Å²) < 4.78 is 10.5. The minimum Gasteiger partial charge on any atom is -0.493 e. The van der Waals surface area contributed by atoms with Crippen LogP contribution >= 0.6 is 0 Å². The molecule has 1 aromatic rings. The maximum absolute atomic E-state index is 12.1. The second-order valence-electron chi connectivity index (χ2n) is 5.99. The summed E-state index contributed by atoms with van der Waals surface area (Å²) in [7, 11) is 0. The van der Waals surface area contributed by atoms with E-state index in [0.717, 1.165) is 5.56 Å². The first-order valence-electron chi connectivity index (χ1n) is 8.65. The smallest absolute Gasteiger partial charge is 0.331 e. The van der Waals surface area contributed by atoms with E-state index in [1.807, 2.05) is 31.2 Å². The number of hydrogen-bond donors (Lipinski definition) is 1. The van der Waals surface area contributed by atoms with Gasteiger partial charge >= 0.3 is 5.97 Å². The van der Waals surface area contributed by atoms with Crippen molar-refractivity contribution in [2.24, 2.45) is 11.7 Å². The first-order valence-corrected chi connectivity index (χ1v) is 8.65. The Morgan fingerprint density at radius 3 is 2.81 bits per heavy atom. The number of piperidine rings is 1. The first kappa shape index (κ1) is 19.5. The van der Waals surface area contributed by atoms with E-state index in [0.29, 0.717) is 31.7 Å². The van der Waals surface area contributed by atoms with Gasteiger partial charge in [0.25, 0.3) is 5.91 Å². The lowest BCUT2D eigenvalue weighted by atomic mass is 9.97. The molecule has 0 radical (unpaired) electrons. The number of carbonyl (C=O) groups is 3. The van der Waals surface area contributed by atoms with Crippen molar-refractivity contribution >= 4 is 23.9 Å². The summed E-state index contributed by atoms with van der Waals surface area (Å²) >= 11 is 0. The molecule has 0 unspecified atom stereocenters. The normalized spacial score (nSPS) is 17.1. The highest BCUT2D eigenvalue weighted by Crippen LogP contribution is 2.19. The Balaban J connectivity index is 1.85. The lowest BCUT2D eigenvalue weighted by Crippen LogP contribution is -2.45. The summed E-state index contributed by atoms with van der Waals surface area (Å²) in [5.41, 5.74) is 6.05. The number of hydrogen-bond acceptors (Lipinski definition) is 5. The third kappa shape index (κ3) is 5.61. The van der Waals surface area contributed by atoms with Crippen molar-refractivity contribution in [1.29, 1.82) is 0 Å². The highest BCUT2D eigenvalue weighted by Gasteiger charge is 2.27. The second-order valence-corrected chi connectivity index (χ2v) is 5.99. The zero-order valence-corrected chi connectivity index (χ0v) is 14.8. The van der Waals surface area contributed by atoms with Crippen molar-refractivity contribution in [2.75, 3.05) is 26.3 Å². The molecule has 2 amide bonds. The van der Waals surface area contributed by atoms with Crippen molar-refractivity contribution in [2.45, 2.75) is 19.8 Å². The van der Waals surface area contributed by atoms with Crippen molar-refractivity contribution in [3.8, 4) is 5.75 Å². The lowest BCUT2D eigenvalue weighted by Gasteiger charge is -2.30. The van der Waals surface area contributed by atoms with Crippen LogP contribution in [0.3, 0.4) is 0 Å². The van der Waals surface area contributed by atoms with Crippen molar-refractivity contribution in [3.63, 3.8) is 0 Å². The molecule has 1 aromatic carbocycles. The number of esters is 1. The van der Waals surface area contributed by atoms with Gasteiger partial charge in [-0.3, -0.25) is 9.59 Å². The highest BCUT2D eigenvalue weighted by atomic mass is 16.5. The molecule has 7 nitrogen and oxygen atoms in total. The molecule has 7 heteroatoms. The molecule has 2 N–H and O–H groups in total. The molecule has 1 heterocycles. The number of amides is 2. The summed E-state index contributed by atoms with van der Waals surface area (Å²) in [6.07, 6.45) is 4.23. The van der Waals surface area contributed by atoms with Gasteiger partial charge in [-0.1, -0.05) is 18.2 Å². The maximum Gasteiger partial charge on any atom is 0.331 e. The molecule has 0 aliphatic carbocycles. The minimum atomic E-state index is -0.617. The van der Waals surface area contributed by atoms with Crippen LogP contribution in [0.1, 0.15) is 25.3 Å². The van der Waals surface area contributed by atoms with E-state index in [1.165, 1.54) is 11.0 Å². The van der Waals surface area contributed by atoms with Gasteiger partial charge in [0.1, 0.15) is 5.75 Å². The van der Waals surface area contributed by atoms with E-state index < -0.39 is 11.9 Å². The van der Waals surface area contributed by atoms with Crippen molar-refractivity contribution in [3.05, 3.63) is 35.9 Å². The number of benzene rings is 1. The number of ether oxygens (including phenoxy) is 2. The third-order valence-electron chi connectivity index (χ3n) is 4.13. The van der Waals surface area contributed by atoms with Crippen LogP contribution in [0.5, 0.6) is 5.75 Å². The molecule has 1 aliphatic rings. The monoisotopic (exact) mass is 360 g/mol. The SMILES string of the molecule is CCOc1ccccc1/C=C/C(=O)OCC(=O)N1CCC[C@H](C(N)=O)C1. The van der Waals surface area contributed by atoms with Gasteiger partial charge in [-0.2, -0.15) is 0 Å². The molecule has 0 saturated carbocycles. The van der Waals surface area contributed by atoms with Gasteiger partial charge in [0, 0.05) is 24.7 Å². The Hall–Kier alpha value is -2.83. The average molecular weight is 360 g/mol. The summed E-state index contributed by atoms with van der Waals surface area (Å²) in [4.78, 5) is 36.8. The van der Waals surface area contributed by atoms with Gasteiger partial charge in [0.05, 0.1) is 12.5 Å². The van der Waals surface area contributed by atoms with Crippen LogP contribution in [0.25, 0.3) is 6.08 Å². The molecule has 0 aromatic heterocycles. The van der Waals surface area contributed by atoms with Crippen molar-refractivity contribution in [1.82, 2.24) is 4.90 Å². The Morgan fingerprint density at radius 2 is 2.08 bits per heavy atom. The molecular weight excluding hydrogens is 336 g/mol. The van der Waals surface area contributed by atoms with Gasteiger partial charge < -0.3 is 20.1 Å². The molecule has 1 saturated heterocycles. The third-order valence-corrected chi connectivity index (χ3v) is 4.13. The number of carbonyl (C=O) groups excluding carboxylic acids is 3. The Morgan fingerprint density at radius 1 is 1.31 bits per heavy atom. The molecule has 0 bridgehead atoms. The van der Waals surface area contributed by atoms with Crippen LogP contribution < -0.4 is 10.5 Å². The molecule has 2 rings (SSSR count). The maximum atomic E-state index is 12.1. The minimum absolute atomic E-state index is 0.281. The fraction of sp³-hybridized carbons (Fsp3) is 0.421. The summed E-state index contributed by atoms with van der Waals surface area (Å²) in [5, 5.41) is 0. The molecule has 140 valence electrons. The van der Waals surface area contributed by atoms with Crippen molar-refractivity contribution < 1.29 is 23.9 Å². The van der Waals surface area contributed by atoms with Gasteiger partial charge in [0.2, 0.25) is 5.91 Å². The summed E-state index contributed by atoms with van der Waals surface area (Å²) in [5.74, 6) is -1.02. The van der Waals surface area contributed by atoms with E-state index in [4.69, 9.17) is 15.2 Å². The molecule has 1 atom stereocenters. The molecule has 1 aliphatic heterocycles. The predicted molar refractivity (Wildman–Crippen MR) is 96.1 cm³/mol. The Labute approximate surface area is 152 Å². The zero-order chi connectivity index (χ0) is 18.9. The first-order chi connectivity index (χ1) is 12.5. The lowest BCUT2D eigenvalue weighted by molar-refractivity contribution is -0.149. The van der Waals surface area contributed by atoms with Gasteiger partial charge in [-0.15, -0.1) is 0 Å². The highest BCUT2D eigenvalue weighted by molar-refractivity contribution is 5.89. The Bertz CT molecular complexity index is 686. The topological polar surface area (TPSA) is 98.9 Å². The van der Waals surface area contributed by atoms with Gasteiger partial charge in [-0.25, -0.2) is 4.79 Å². The zero-order valence-electron chi connectivity index (χ0n) is 14.8. The standard InChI is InChI=1S/C19H24N2O5/c1-2-25-16-8-4-3-6-14(16)9-10-18(23)26-13-17(22)21-11-5-7-15(12-21)19(20)24/h3-4,6,8-10,15H,2,5,7,11-13H2,1H3,(H2,20,24)/b10-9+/t15-/m0/s1. The van der Waals surface area contributed by atoms with E-state index in [-0.39, 0.29) is 25.0 Å². The number of nitrogens with zero attached hydrogens (tertiary/aromatic N) is 1. The summed E-state index contributed by atoms with van der Waals surface area (Å²) in [6, 6.07) is 7.31. The van der Waals surface area contributed by atoms with Crippen LogP contribution in [-0.2, 0) is 19.1 Å². The average Bonchev–Trinajstić information content (AvgIpc) is 2.65. The number of primary amides is 1. The molecule has 1 fully saturated rings. The van der Waals surface area contributed by atoms with E-state index in [9.17, 15) is 14.4 Å². The molecule has 0 spiro atoms. The van der Waals surface area contributed by atoms with Gasteiger partial charge in [-0.05, 0) is 31.9 Å². The number of rotatable bonds is 7. The van der Waals surface area contributed by atoms with Gasteiger partial charge in [0.15, 0.2) is 6.61 Å². The quantitative estimate of drug-likeness (QED) is 0.585. The Kier molecular flexibility index (Phi) is 7.20. The molecular formula is C19H24N2O5. The number of likely N-dealkylation sites (tertiary alicyclic amines) is 1. The van der Waals surface area contributed by atoms with Crippen LogP contribution in [0.15, 0.2) is 30.3 Å². The summed E-state index contributed by atoms with van der Waals surface area (Å²) in [6.45, 7) is 2.86. The van der Waals surface area contributed by atoms with Crippen LogP contribution in [0, 0.1) is 5.92 Å². The van der Waals surface area contributed by atoms with E-state index in [2.05, 4.69) is 0 Å². The van der Waals surface area contributed by atoms with E-state index in [1.54, 1.807) is 6.08 Å². The number of nitrogens with two attached hydrogens (primary N) is 1. The van der Waals surface area contributed by atoms with Crippen LogP contribution in [0.4, 0.5) is 0 Å². The predicted octanol–water partition coefficient (Wildman–Crippen LogP) is 1.37. The number of para-hydroxylation sites is 1. The van der Waals surface area contributed by atoms with Crippen LogP contribution in [0.2, 0.25) is 0 Å². The fourth-order valence-electron chi connectivity index (χ4n) is 2.77. The largest absolute Gasteiger partial charge is 0.493 e. The fourth-order valence-corrected chi connectivity index (χ4v) is 2.77. The van der Waals surface area contributed by atoms with E-state index >= 15 is 0 Å². The molecule has 26 heavy (non-hydrogen) atoms. The second kappa shape index (κ2) is 9.60.